The minimum Gasteiger partial charge on any atom is -0.504 e. The lowest BCUT2D eigenvalue weighted by Gasteiger charge is -2.35. The molecule has 0 unspecified atom stereocenters. The van der Waals surface area contributed by atoms with Gasteiger partial charge in [-0.1, -0.05) is 24.8 Å². The zero-order chi connectivity index (χ0) is 21.1. The zero-order valence-electron chi connectivity index (χ0n) is 16.7. The number of phenolic OH excluding ortho intramolecular Hbond substituents is 1. The molecule has 0 saturated carbocycles. The maximum atomic E-state index is 13.2. The number of nitrogens with one attached hydrogen (secondary N) is 3. The third-order valence-electron chi connectivity index (χ3n) is 4.85. The van der Waals surface area contributed by atoms with Crippen LogP contribution in [0.2, 0.25) is 0 Å². The van der Waals surface area contributed by atoms with Gasteiger partial charge in [-0.3, -0.25) is 4.79 Å². The summed E-state index contributed by atoms with van der Waals surface area (Å²) in [4.78, 5) is 13.2. The Balaban J connectivity index is 1.95. The number of aromatic hydroxyl groups is 1. The van der Waals surface area contributed by atoms with Gasteiger partial charge in [0.1, 0.15) is 5.92 Å². The van der Waals surface area contributed by atoms with Crippen LogP contribution >= 0.6 is 12.2 Å². The number of anilines is 1. The Kier molecular flexibility index (Phi) is 6.08. The standard InChI is InChI=1S/C22H25N3O3S/c1-5-28-18-11-15(8-9-17(18)26)20-19(14(4)23-22(29)25-20)21(27)24-16-10-12(2)6-7-13(16)3/h6-11,19-20,26H,4-5H2,1-3H3,(H,24,27)(H2,23,25,29)/t19-,20+/m1/s1. The molecule has 0 aliphatic carbocycles. The van der Waals surface area contributed by atoms with Gasteiger partial charge in [-0.25, -0.2) is 0 Å². The van der Waals surface area contributed by atoms with Gasteiger partial charge in [0.05, 0.1) is 12.6 Å². The van der Waals surface area contributed by atoms with Crippen molar-refractivity contribution in [3.8, 4) is 11.5 Å². The van der Waals surface area contributed by atoms with Gasteiger partial charge in [0.25, 0.3) is 0 Å². The van der Waals surface area contributed by atoms with E-state index in [0.29, 0.717) is 23.2 Å². The average Bonchev–Trinajstić information content (AvgIpc) is 2.66. The maximum Gasteiger partial charge on any atom is 0.235 e. The molecule has 1 heterocycles. The van der Waals surface area contributed by atoms with Gasteiger partial charge in [-0.15, -0.1) is 0 Å². The van der Waals surface area contributed by atoms with Crippen LogP contribution in [0.15, 0.2) is 48.7 Å². The number of rotatable bonds is 5. The second kappa shape index (κ2) is 8.53. The van der Waals surface area contributed by atoms with E-state index in [9.17, 15) is 9.90 Å². The summed E-state index contributed by atoms with van der Waals surface area (Å²) < 4.78 is 5.49. The van der Waals surface area contributed by atoms with Crippen molar-refractivity contribution in [3.63, 3.8) is 0 Å². The van der Waals surface area contributed by atoms with Crippen molar-refractivity contribution in [2.75, 3.05) is 11.9 Å². The molecule has 1 saturated heterocycles. The zero-order valence-corrected chi connectivity index (χ0v) is 17.5. The molecule has 6 nitrogen and oxygen atoms in total. The Hall–Kier alpha value is -3.06. The number of phenols is 1. The van der Waals surface area contributed by atoms with Gasteiger partial charge in [-0.2, -0.15) is 0 Å². The molecule has 3 rings (SSSR count). The minimum absolute atomic E-state index is 0.0438. The van der Waals surface area contributed by atoms with Gasteiger partial charge in [0.15, 0.2) is 16.6 Å². The Morgan fingerprint density at radius 1 is 1.28 bits per heavy atom. The first kappa shape index (κ1) is 20.7. The van der Waals surface area contributed by atoms with Gasteiger partial charge in [0, 0.05) is 11.4 Å². The highest BCUT2D eigenvalue weighted by Crippen LogP contribution is 2.35. The topological polar surface area (TPSA) is 82.6 Å². The van der Waals surface area contributed by atoms with E-state index in [1.54, 1.807) is 18.2 Å². The number of ether oxygens (including phenoxy) is 1. The molecule has 7 heteroatoms. The molecule has 2 atom stereocenters. The van der Waals surface area contributed by atoms with E-state index in [-0.39, 0.29) is 11.7 Å². The van der Waals surface area contributed by atoms with Crippen LogP contribution in [0.3, 0.4) is 0 Å². The van der Waals surface area contributed by atoms with Gasteiger partial charge in [-0.05, 0) is 67.9 Å². The molecule has 1 aliphatic heterocycles. The molecule has 0 aromatic heterocycles. The Bertz CT molecular complexity index is 974. The lowest BCUT2D eigenvalue weighted by Crippen LogP contribution is -2.51. The van der Waals surface area contributed by atoms with Gasteiger partial charge < -0.3 is 25.8 Å². The summed E-state index contributed by atoms with van der Waals surface area (Å²) in [6, 6.07) is 10.5. The molecular weight excluding hydrogens is 386 g/mol. The predicted molar refractivity (Wildman–Crippen MR) is 118 cm³/mol. The lowest BCUT2D eigenvalue weighted by molar-refractivity contribution is -0.119. The van der Waals surface area contributed by atoms with Crippen LogP contribution in [0.4, 0.5) is 5.69 Å². The fourth-order valence-electron chi connectivity index (χ4n) is 3.35. The molecule has 1 amide bonds. The van der Waals surface area contributed by atoms with Crippen molar-refractivity contribution >= 4 is 28.9 Å². The highest BCUT2D eigenvalue weighted by atomic mass is 32.1. The molecule has 2 aromatic rings. The van der Waals surface area contributed by atoms with E-state index >= 15 is 0 Å². The molecule has 29 heavy (non-hydrogen) atoms. The third-order valence-corrected chi connectivity index (χ3v) is 5.07. The number of thiocarbonyl (C=S) groups is 1. The summed E-state index contributed by atoms with van der Waals surface area (Å²) in [6.45, 7) is 10.2. The molecule has 1 aliphatic rings. The van der Waals surface area contributed by atoms with Crippen molar-refractivity contribution in [3.05, 3.63) is 65.4 Å². The van der Waals surface area contributed by atoms with Crippen LogP contribution in [0, 0.1) is 19.8 Å². The number of carbonyl (C=O) groups is 1. The minimum atomic E-state index is -0.624. The average molecular weight is 412 g/mol. The lowest BCUT2D eigenvalue weighted by atomic mass is 9.88. The van der Waals surface area contributed by atoms with Crippen LogP contribution in [-0.2, 0) is 4.79 Å². The first-order valence-corrected chi connectivity index (χ1v) is 9.81. The fourth-order valence-corrected chi connectivity index (χ4v) is 3.61. The Morgan fingerprint density at radius 2 is 2.03 bits per heavy atom. The fraction of sp³-hybridized carbons (Fsp3) is 0.273. The monoisotopic (exact) mass is 411 g/mol. The van der Waals surface area contributed by atoms with Crippen LogP contribution in [-0.4, -0.2) is 22.7 Å². The quantitative estimate of drug-likeness (QED) is 0.562. The summed E-state index contributed by atoms with van der Waals surface area (Å²) in [5.74, 6) is -0.430. The highest BCUT2D eigenvalue weighted by Gasteiger charge is 2.37. The predicted octanol–water partition coefficient (Wildman–Crippen LogP) is 3.70. The molecule has 4 N–H and O–H groups in total. The van der Waals surface area contributed by atoms with Gasteiger partial charge >= 0.3 is 0 Å². The number of benzene rings is 2. The second-order valence-corrected chi connectivity index (χ2v) is 7.46. The van der Waals surface area contributed by atoms with E-state index in [1.165, 1.54) is 0 Å². The van der Waals surface area contributed by atoms with Crippen LogP contribution < -0.4 is 20.7 Å². The first-order valence-electron chi connectivity index (χ1n) is 9.40. The van der Waals surface area contributed by atoms with E-state index in [2.05, 4.69) is 22.5 Å². The number of carbonyl (C=O) groups excluding carboxylic acids is 1. The summed E-state index contributed by atoms with van der Waals surface area (Å²) in [7, 11) is 0. The number of hydrogen-bond acceptors (Lipinski definition) is 4. The summed E-state index contributed by atoms with van der Waals surface area (Å²) in [5, 5.41) is 19.5. The van der Waals surface area contributed by atoms with Crippen LogP contribution in [0.25, 0.3) is 0 Å². The first-order chi connectivity index (χ1) is 13.8. The molecule has 0 radical (unpaired) electrons. The number of hydrogen-bond donors (Lipinski definition) is 4. The smallest absolute Gasteiger partial charge is 0.235 e. The van der Waals surface area contributed by atoms with Crippen molar-refractivity contribution in [1.29, 1.82) is 0 Å². The van der Waals surface area contributed by atoms with Crippen molar-refractivity contribution in [2.24, 2.45) is 5.92 Å². The number of aryl methyl sites for hydroxylation is 2. The van der Waals surface area contributed by atoms with E-state index in [1.807, 2.05) is 39.0 Å². The molecule has 0 bridgehead atoms. The molecule has 152 valence electrons. The van der Waals surface area contributed by atoms with Crippen molar-refractivity contribution in [2.45, 2.75) is 26.8 Å². The number of amides is 1. The van der Waals surface area contributed by atoms with Crippen LogP contribution in [0.5, 0.6) is 11.5 Å². The molecule has 2 aromatic carbocycles. The Labute approximate surface area is 176 Å². The van der Waals surface area contributed by atoms with Gasteiger partial charge in [0.2, 0.25) is 5.91 Å². The van der Waals surface area contributed by atoms with Crippen molar-refractivity contribution in [1.82, 2.24) is 10.6 Å². The highest BCUT2D eigenvalue weighted by molar-refractivity contribution is 7.80. The van der Waals surface area contributed by atoms with E-state index < -0.39 is 12.0 Å². The Morgan fingerprint density at radius 3 is 2.76 bits per heavy atom. The normalized spacial score (nSPS) is 18.6. The summed E-state index contributed by atoms with van der Waals surface area (Å²) in [5.41, 5.74) is 4.06. The third kappa shape index (κ3) is 4.51. The molecule has 1 fully saturated rings. The molecule has 0 spiro atoms. The van der Waals surface area contributed by atoms with E-state index in [0.717, 1.165) is 22.4 Å². The largest absolute Gasteiger partial charge is 0.504 e. The summed E-state index contributed by atoms with van der Waals surface area (Å²) >= 11 is 5.28. The van der Waals surface area contributed by atoms with Crippen LogP contribution in [0.1, 0.15) is 29.7 Å². The maximum absolute atomic E-state index is 13.2. The molecular formula is C22H25N3O3S. The van der Waals surface area contributed by atoms with Crippen molar-refractivity contribution < 1.29 is 14.6 Å². The summed E-state index contributed by atoms with van der Waals surface area (Å²) in [6.07, 6.45) is 0. The SMILES string of the molecule is C=C1NC(=S)N[C@@H](c2ccc(O)c(OCC)c2)[C@@H]1C(=O)Nc1cc(C)ccc1C. The second-order valence-electron chi connectivity index (χ2n) is 7.05. The van der Waals surface area contributed by atoms with E-state index in [4.69, 9.17) is 17.0 Å².